The van der Waals surface area contributed by atoms with Crippen LogP contribution in [0.1, 0.15) is 13.8 Å². The Labute approximate surface area is 95.1 Å². The van der Waals surface area contributed by atoms with Crippen LogP contribution in [0.5, 0.6) is 5.75 Å². The molecule has 1 aromatic rings. The molecule has 0 atom stereocenters. The summed E-state index contributed by atoms with van der Waals surface area (Å²) in [5.41, 5.74) is 6.68. The maximum Gasteiger partial charge on any atom is 0.167 e. The van der Waals surface area contributed by atoms with Crippen LogP contribution in [0.3, 0.4) is 0 Å². The number of halogens is 1. The Hall–Kier alpha value is -1.71. The third kappa shape index (κ3) is 3.15. The highest BCUT2D eigenvalue weighted by Crippen LogP contribution is 2.28. The average Bonchev–Trinajstić information content (AvgIpc) is 2.20. The molecule has 4 heteroatoms. The molecule has 0 saturated carbocycles. The van der Waals surface area contributed by atoms with E-state index in [9.17, 15) is 4.39 Å². The molecule has 0 aliphatic rings. The van der Waals surface area contributed by atoms with Gasteiger partial charge in [-0.25, -0.2) is 4.39 Å². The SMILES string of the molecule is C=CCNc1cc(OC(C)C)c(F)cc1N. The van der Waals surface area contributed by atoms with Crippen molar-refractivity contribution >= 4 is 11.4 Å². The molecule has 88 valence electrons. The normalized spacial score (nSPS) is 10.2. The Bertz CT molecular complexity index is 378. The van der Waals surface area contributed by atoms with E-state index < -0.39 is 5.82 Å². The standard InChI is InChI=1S/C12H17FN2O/c1-4-5-15-11-7-12(16-8(2)3)9(13)6-10(11)14/h4,6-8,15H,1,5,14H2,2-3H3. The highest BCUT2D eigenvalue weighted by molar-refractivity contribution is 5.68. The second-order valence-electron chi connectivity index (χ2n) is 3.71. The van der Waals surface area contributed by atoms with Gasteiger partial charge in [-0.05, 0) is 13.8 Å². The Balaban J connectivity index is 2.96. The first-order chi connectivity index (χ1) is 7.54. The summed E-state index contributed by atoms with van der Waals surface area (Å²) in [6.07, 6.45) is 1.62. The highest BCUT2D eigenvalue weighted by atomic mass is 19.1. The van der Waals surface area contributed by atoms with Gasteiger partial charge < -0.3 is 15.8 Å². The van der Waals surface area contributed by atoms with Crippen molar-refractivity contribution in [2.75, 3.05) is 17.6 Å². The van der Waals surface area contributed by atoms with Crippen molar-refractivity contribution in [1.29, 1.82) is 0 Å². The van der Waals surface area contributed by atoms with E-state index in [1.807, 2.05) is 13.8 Å². The lowest BCUT2D eigenvalue weighted by Crippen LogP contribution is -2.09. The number of anilines is 2. The van der Waals surface area contributed by atoms with Crippen molar-refractivity contribution in [1.82, 2.24) is 0 Å². The molecule has 0 radical (unpaired) electrons. The Kier molecular flexibility index (Phi) is 4.17. The summed E-state index contributed by atoms with van der Waals surface area (Å²) < 4.78 is 18.8. The molecule has 0 fully saturated rings. The van der Waals surface area contributed by atoms with Crippen LogP contribution in [-0.2, 0) is 0 Å². The van der Waals surface area contributed by atoms with E-state index >= 15 is 0 Å². The summed E-state index contributed by atoms with van der Waals surface area (Å²) in [6, 6.07) is 2.82. The maximum absolute atomic E-state index is 13.5. The van der Waals surface area contributed by atoms with E-state index in [0.717, 1.165) is 0 Å². The van der Waals surface area contributed by atoms with Crippen LogP contribution in [0.15, 0.2) is 24.8 Å². The first-order valence-electron chi connectivity index (χ1n) is 5.15. The second kappa shape index (κ2) is 5.39. The van der Waals surface area contributed by atoms with Crippen LogP contribution in [-0.4, -0.2) is 12.6 Å². The monoisotopic (exact) mass is 224 g/mol. The smallest absolute Gasteiger partial charge is 0.167 e. The van der Waals surface area contributed by atoms with Crippen molar-refractivity contribution in [2.24, 2.45) is 0 Å². The molecule has 16 heavy (non-hydrogen) atoms. The number of nitrogens with two attached hydrogens (primary N) is 1. The number of nitrogen functional groups attached to an aromatic ring is 1. The van der Waals surface area contributed by atoms with Crippen LogP contribution in [0, 0.1) is 5.82 Å². The molecule has 1 rings (SSSR count). The van der Waals surface area contributed by atoms with Crippen LogP contribution >= 0.6 is 0 Å². The number of hydrogen-bond acceptors (Lipinski definition) is 3. The van der Waals surface area contributed by atoms with Crippen LogP contribution in [0.25, 0.3) is 0 Å². The fourth-order valence-corrected chi connectivity index (χ4v) is 1.25. The molecular formula is C12H17FN2O. The van der Waals surface area contributed by atoms with Crippen LogP contribution in [0.4, 0.5) is 15.8 Å². The minimum Gasteiger partial charge on any atom is -0.488 e. The summed E-state index contributed by atoms with van der Waals surface area (Å²) in [5, 5.41) is 3.01. The summed E-state index contributed by atoms with van der Waals surface area (Å²) in [6.45, 7) is 7.83. The fourth-order valence-electron chi connectivity index (χ4n) is 1.25. The molecule has 0 aliphatic carbocycles. The largest absolute Gasteiger partial charge is 0.488 e. The topological polar surface area (TPSA) is 47.3 Å². The molecule has 0 unspecified atom stereocenters. The zero-order valence-electron chi connectivity index (χ0n) is 9.59. The molecule has 0 heterocycles. The summed E-state index contributed by atoms with van der Waals surface area (Å²) in [4.78, 5) is 0. The molecule has 1 aromatic carbocycles. The van der Waals surface area contributed by atoms with Crippen molar-refractivity contribution in [3.8, 4) is 5.75 Å². The van der Waals surface area contributed by atoms with Gasteiger partial charge >= 0.3 is 0 Å². The number of ether oxygens (including phenoxy) is 1. The van der Waals surface area contributed by atoms with Gasteiger partial charge in [0.15, 0.2) is 11.6 Å². The first kappa shape index (κ1) is 12.4. The molecular weight excluding hydrogens is 207 g/mol. The van der Waals surface area contributed by atoms with Gasteiger partial charge in [0.05, 0.1) is 17.5 Å². The molecule has 0 amide bonds. The average molecular weight is 224 g/mol. The summed E-state index contributed by atoms with van der Waals surface area (Å²) in [7, 11) is 0. The maximum atomic E-state index is 13.5. The predicted octanol–water partition coefficient (Wildman–Crippen LogP) is 2.79. The molecule has 0 aliphatic heterocycles. The lowest BCUT2D eigenvalue weighted by atomic mass is 10.2. The van der Waals surface area contributed by atoms with Crippen molar-refractivity contribution in [3.05, 3.63) is 30.6 Å². The molecule has 0 spiro atoms. The van der Waals surface area contributed by atoms with Gasteiger partial charge in [-0.1, -0.05) is 6.08 Å². The zero-order chi connectivity index (χ0) is 12.1. The lowest BCUT2D eigenvalue weighted by molar-refractivity contribution is 0.231. The third-order valence-electron chi connectivity index (χ3n) is 1.90. The summed E-state index contributed by atoms with van der Waals surface area (Å²) in [5.74, 6) is -0.244. The molecule has 0 aromatic heterocycles. The van der Waals surface area contributed by atoms with E-state index in [1.54, 1.807) is 12.1 Å². The molecule has 0 saturated heterocycles. The molecule has 3 N–H and O–H groups in total. The van der Waals surface area contributed by atoms with E-state index in [-0.39, 0.29) is 11.9 Å². The van der Waals surface area contributed by atoms with Gasteiger partial charge in [0.1, 0.15) is 0 Å². The predicted molar refractivity (Wildman–Crippen MR) is 65.3 cm³/mol. The van der Waals surface area contributed by atoms with E-state index in [0.29, 0.717) is 17.9 Å². The highest BCUT2D eigenvalue weighted by Gasteiger charge is 2.09. The number of nitrogens with one attached hydrogen (secondary N) is 1. The number of hydrogen-bond donors (Lipinski definition) is 2. The minimum atomic E-state index is -0.449. The van der Waals surface area contributed by atoms with Crippen molar-refractivity contribution in [3.63, 3.8) is 0 Å². The van der Waals surface area contributed by atoms with Gasteiger partial charge in [0.2, 0.25) is 0 Å². The zero-order valence-corrected chi connectivity index (χ0v) is 9.59. The van der Waals surface area contributed by atoms with Gasteiger partial charge in [-0.2, -0.15) is 0 Å². The number of rotatable bonds is 5. The fraction of sp³-hybridized carbons (Fsp3) is 0.333. The quantitative estimate of drug-likeness (QED) is 0.597. The molecule has 3 nitrogen and oxygen atoms in total. The lowest BCUT2D eigenvalue weighted by Gasteiger charge is -2.14. The van der Waals surface area contributed by atoms with Gasteiger partial charge in [-0.15, -0.1) is 6.58 Å². The van der Waals surface area contributed by atoms with E-state index in [2.05, 4.69) is 11.9 Å². The van der Waals surface area contributed by atoms with Gasteiger partial charge in [0.25, 0.3) is 0 Å². The van der Waals surface area contributed by atoms with Crippen LogP contribution in [0.2, 0.25) is 0 Å². The summed E-state index contributed by atoms with van der Waals surface area (Å²) >= 11 is 0. The van der Waals surface area contributed by atoms with Crippen LogP contribution < -0.4 is 15.8 Å². The second-order valence-corrected chi connectivity index (χ2v) is 3.71. The Morgan fingerprint density at radius 3 is 2.81 bits per heavy atom. The van der Waals surface area contributed by atoms with Crippen molar-refractivity contribution in [2.45, 2.75) is 20.0 Å². The van der Waals surface area contributed by atoms with E-state index in [4.69, 9.17) is 10.5 Å². The van der Waals surface area contributed by atoms with Crippen molar-refractivity contribution < 1.29 is 9.13 Å². The Morgan fingerprint density at radius 2 is 2.25 bits per heavy atom. The Morgan fingerprint density at radius 1 is 1.56 bits per heavy atom. The van der Waals surface area contributed by atoms with Gasteiger partial charge in [0, 0.05) is 18.7 Å². The van der Waals surface area contributed by atoms with Gasteiger partial charge in [-0.3, -0.25) is 0 Å². The van der Waals surface area contributed by atoms with E-state index in [1.165, 1.54) is 6.07 Å². The molecule has 0 bridgehead atoms. The third-order valence-corrected chi connectivity index (χ3v) is 1.90. The first-order valence-corrected chi connectivity index (χ1v) is 5.15. The minimum absolute atomic E-state index is 0.0784. The number of benzene rings is 1.